The summed E-state index contributed by atoms with van der Waals surface area (Å²) in [6.45, 7) is 7.34. The van der Waals surface area contributed by atoms with Crippen molar-refractivity contribution >= 4 is 23.9 Å². The molecule has 0 amide bonds. The van der Waals surface area contributed by atoms with Crippen LogP contribution in [0, 0.1) is 10.8 Å². The number of fused-ring (bicyclic) bond motifs is 3. The van der Waals surface area contributed by atoms with E-state index in [1.165, 1.54) is 0 Å². The Balaban J connectivity index is 2.07. The first-order valence-electron chi connectivity index (χ1n) is 11.6. The zero-order valence-electron chi connectivity index (χ0n) is 19.8. The second-order valence-corrected chi connectivity index (χ2v) is 8.42. The van der Waals surface area contributed by atoms with Crippen LogP contribution in [-0.4, -0.2) is 50.3 Å². The molecular formula is C25H32O8. The maximum Gasteiger partial charge on any atom is 0.324 e. The number of rotatable bonds is 8. The minimum atomic E-state index is -1.47. The first kappa shape index (κ1) is 24.7. The number of carbonyl (C=O) groups excluding carboxylic acids is 4. The van der Waals surface area contributed by atoms with Gasteiger partial charge in [0.1, 0.15) is 0 Å². The van der Waals surface area contributed by atoms with Crippen LogP contribution in [0.4, 0.5) is 0 Å². The first-order valence-corrected chi connectivity index (χ1v) is 11.6. The monoisotopic (exact) mass is 460 g/mol. The maximum absolute atomic E-state index is 13.0. The molecule has 1 aromatic rings. The molecule has 0 unspecified atom stereocenters. The molecule has 2 aliphatic carbocycles. The smallest absolute Gasteiger partial charge is 0.324 e. The van der Waals surface area contributed by atoms with Crippen molar-refractivity contribution in [3.05, 3.63) is 34.4 Å². The first-order chi connectivity index (χ1) is 15.8. The Kier molecular flexibility index (Phi) is 7.44. The lowest BCUT2D eigenvalue weighted by Crippen LogP contribution is -2.46. The van der Waals surface area contributed by atoms with E-state index in [2.05, 4.69) is 0 Å². The molecule has 3 rings (SSSR count). The van der Waals surface area contributed by atoms with Crippen molar-refractivity contribution in [2.75, 3.05) is 26.4 Å². The lowest BCUT2D eigenvalue weighted by Gasteiger charge is -2.35. The van der Waals surface area contributed by atoms with Crippen molar-refractivity contribution in [1.82, 2.24) is 0 Å². The highest BCUT2D eigenvalue weighted by Crippen LogP contribution is 2.46. The summed E-state index contributed by atoms with van der Waals surface area (Å²) in [5.41, 5.74) is 0.478. The average Bonchev–Trinajstić information content (AvgIpc) is 3.21. The predicted molar refractivity (Wildman–Crippen MR) is 117 cm³/mol. The molecule has 0 spiro atoms. The third-order valence-electron chi connectivity index (χ3n) is 6.56. The van der Waals surface area contributed by atoms with Crippen LogP contribution in [0.2, 0.25) is 0 Å². The predicted octanol–water partition coefficient (Wildman–Crippen LogP) is 2.50. The highest BCUT2D eigenvalue weighted by atomic mass is 16.6. The topological polar surface area (TPSA) is 105 Å². The summed E-state index contributed by atoms with van der Waals surface area (Å²) in [5.74, 6) is -2.45. The Hall–Kier alpha value is -2.90. The Morgan fingerprint density at radius 2 is 1.03 bits per heavy atom. The van der Waals surface area contributed by atoms with Crippen LogP contribution < -0.4 is 0 Å². The summed E-state index contributed by atoms with van der Waals surface area (Å²) in [6.07, 6.45) is 1.11. The second-order valence-electron chi connectivity index (χ2n) is 8.42. The van der Waals surface area contributed by atoms with Crippen LogP contribution in [0.15, 0.2) is 12.1 Å². The van der Waals surface area contributed by atoms with Gasteiger partial charge in [0.25, 0.3) is 0 Å². The molecule has 0 aromatic heterocycles. The lowest BCUT2D eigenvalue weighted by atomic mass is 9.69. The standard InChI is InChI=1S/C25H32O8/c1-5-30-20(26)24(21(27)31-6-2)12-11-16-9-10-17-13-25(22(28)32-7-3,23(29)33-8-4)15-19(17)18(16)14-24/h9-10H,5-8,11-15H2,1-4H3. The van der Waals surface area contributed by atoms with E-state index in [1.807, 2.05) is 12.1 Å². The van der Waals surface area contributed by atoms with Crippen molar-refractivity contribution in [3.63, 3.8) is 0 Å². The van der Waals surface area contributed by atoms with Crippen LogP contribution in [0.5, 0.6) is 0 Å². The van der Waals surface area contributed by atoms with E-state index in [0.29, 0.717) is 6.42 Å². The summed E-state index contributed by atoms with van der Waals surface area (Å²) >= 11 is 0. The molecule has 0 atom stereocenters. The summed E-state index contributed by atoms with van der Waals surface area (Å²) in [5, 5.41) is 0. The summed E-state index contributed by atoms with van der Waals surface area (Å²) < 4.78 is 21.1. The van der Waals surface area contributed by atoms with Crippen LogP contribution in [0.25, 0.3) is 0 Å². The van der Waals surface area contributed by atoms with Gasteiger partial charge in [-0.15, -0.1) is 0 Å². The lowest BCUT2D eigenvalue weighted by molar-refractivity contribution is -0.174. The van der Waals surface area contributed by atoms with Crippen LogP contribution in [0.1, 0.15) is 56.4 Å². The van der Waals surface area contributed by atoms with Crippen molar-refractivity contribution < 1.29 is 38.1 Å². The van der Waals surface area contributed by atoms with Crippen LogP contribution in [-0.2, 0) is 63.8 Å². The molecule has 0 heterocycles. The van der Waals surface area contributed by atoms with Gasteiger partial charge in [-0.1, -0.05) is 12.1 Å². The third-order valence-corrected chi connectivity index (χ3v) is 6.56. The third kappa shape index (κ3) is 4.23. The van der Waals surface area contributed by atoms with E-state index in [1.54, 1.807) is 27.7 Å². The highest BCUT2D eigenvalue weighted by Gasteiger charge is 2.56. The van der Waals surface area contributed by atoms with E-state index < -0.39 is 34.7 Å². The molecule has 0 aliphatic heterocycles. The Bertz CT molecular complexity index is 912. The Labute approximate surface area is 193 Å². The molecule has 8 heteroatoms. The van der Waals surface area contributed by atoms with E-state index >= 15 is 0 Å². The van der Waals surface area contributed by atoms with Gasteiger partial charge in [0.05, 0.1) is 26.4 Å². The highest BCUT2D eigenvalue weighted by molar-refractivity contribution is 6.02. The minimum absolute atomic E-state index is 0.102. The number of benzene rings is 1. The van der Waals surface area contributed by atoms with E-state index in [9.17, 15) is 19.2 Å². The molecular weight excluding hydrogens is 428 g/mol. The Morgan fingerprint density at radius 3 is 1.52 bits per heavy atom. The molecule has 0 N–H and O–H groups in total. The van der Waals surface area contributed by atoms with Crippen molar-refractivity contribution in [3.8, 4) is 0 Å². The average molecular weight is 461 g/mol. The molecule has 8 nitrogen and oxygen atoms in total. The number of hydrogen-bond donors (Lipinski definition) is 0. The molecule has 0 bridgehead atoms. The molecule has 1 aromatic carbocycles. The quantitative estimate of drug-likeness (QED) is 0.331. The molecule has 0 fully saturated rings. The van der Waals surface area contributed by atoms with Crippen molar-refractivity contribution in [1.29, 1.82) is 0 Å². The van der Waals surface area contributed by atoms with Crippen molar-refractivity contribution in [2.24, 2.45) is 10.8 Å². The SMILES string of the molecule is CCOC(=O)C1(C(=O)OCC)CCc2ccc3c(c2C1)CC(C(=O)OCC)(C(=O)OCC)C3. The fourth-order valence-corrected chi connectivity index (χ4v) is 4.94. The van der Waals surface area contributed by atoms with E-state index in [0.717, 1.165) is 22.3 Å². The van der Waals surface area contributed by atoms with Gasteiger partial charge in [-0.2, -0.15) is 0 Å². The fraction of sp³-hybridized carbons (Fsp3) is 0.600. The maximum atomic E-state index is 13.0. The van der Waals surface area contributed by atoms with Gasteiger partial charge in [0.2, 0.25) is 0 Å². The summed E-state index contributed by atoms with van der Waals surface area (Å²) in [7, 11) is 0. The van der Waals surface area contributed by atoms with E-state index in [4.69, 9.17) is 18.9 Å². The molecule has 33 heavy (non-hydrogen) atoms. The molecule has 0 saturated carbocycles. The summed E-state index contributed by atoms with van der Waals surface area (Å²) in [4.78, 5) is 51.9. The molecule has 2 aliphatic rings. The fourth-order valence-electron chi connectivity index (χ4n) is 4.94. The number of carbonyl (C=O) groups is 4. The number of hydrogen-bond acceptors (Lipinski definition) is 8. The molecule has 180 valence electrons. The van der Waals surface area contributed by atoms with Gasteiger partial charge in [-0.3, -0.25) is 19.2 Å². The van der Waals surface area contributed by atoms with Crippen molar-refractivity contribution in [2.45, 2.75) is 59.8 Å². The van der Waals surface area contributed by atoms with Gasteiger partial charge < -0.3 is 18.9 Å². The van der Waals surface area contributed by atoms with Crippen LogP contribution >= 0.6 is 0 Å². The number of aryl methyl sites for hydroxylation is 1. The van der Waals surface area contributed by atoms with Gasteiger partial charge in [-0.05, 0) is 75.6 Å². The van der Waals surface area contributed by atoms with E-state index in [-0.39, 0.29) is 52.1 Å². The Morgan fingerprint density at radius 1 is 0.636 bits per heavy atom. The van der Waals surface area contributed by atoms with Gasteiger partial charge in [0, 0.05) is 6.42 Å². The summed E-state index contributed by atoms with van der Waals surface area (Å²) in [6, 6.07) is 3.86. The van der Waals surface area contributed by atoms with Crippen LogP contribution in [0.3, 0.4) is 0 Å². The normalized spacial score (nSPS) is 17.3. The second kappa shape index (κ2) is 9.93. The van der Waals surface area contributed by atoms with Gasteiger partial charge in [0.15, 0.2) is 10.8 Å². The number of esters is 4. The zero-order valence-corrected chi connectivity index (χ0v) is 19.8. The zero-order chi connectivity index (χ0) is 24.2. The minimum Gasteiger partial charge on any atom is -0.465 e. The molecule has 0 radical (unpaired) electrons. The molecule has 0 saturated heterocycles. The van der Waals surface area contributed by atoms with Gasteiger partial charge >= 0.3 is 23.9 Å². The largest absolute Gasteiger partial charge is 0.465 e. The number of ether oxygens (including phenoxy) is 4. The van der Waals surface area contributed by atoms with Gasteiger partial charge in [-0.25, -0.2) is 0 Å².